The van der Waals surface area contributed by atoms with E-state index >= 15 is 0 Å². The quantitative estimate of drug-likeness (QED) is 0.437. The van der Waals surface area contributed by atoms with Gasteiger partial charge in [-0.05, 0) is 30.7 Å². The maximum atomic E-state index is 13.3. The molecule has 0 bridgehead atoms. The smallest absolute Gasteiger partial charge is 0.484 e. The van der Waals surface area contributed by atoms with Crippen molar-refractivity contribution in [2.45, 2.75) is 12.8 Å². The van der Waals surface area contributed by atoms with Gasteiger partial charge in [-0.1, -0.05) is 18.2 Å². The van der Waals surface area contributed by atoms with Crippen LogP contribution in [0.2, 0.25) is 5.02 Å². The molecule has 0 spiro atoms. The molecule has 0 aliphatic carbocycles. The molecule has 0 aliphatic rings. The van der Waals surface area contributed by atoms with Gasteiger partial charge < -0.3 is 20.1 Å². The number of halogens is 5. The van der Waals surface area contributed by atoms with Gasteiger partial charge in [0.1, 0.15) is 23.1 Å². The number of rotatable bonds is 9. The Bertz CT molecular complexity index is 952. The second-order valence-corrected chi connectivity index (χ2v) is 6.36. The first-order valence-corrected chi connectivity index (χ1v) is 8.97. The summed E-state index contributed by atoms with van der Waals surface area (Å²) in [6.45, 7) is 3.26. The SMILES string of the molecule is C=C(CCNC(=O)COc1ccc(Cl)c(F)c1)C(=O)Nc1ccc(OC(F)(F)F)cn1. The maximum absolute atomic E-state index is 13.3. The topological polar surface area (TPSA) is 89.5 Å². The first-order chi connectivity index (χ1) is 14.5. The molecule has 7 nitrogen and oxygen atoms in total. The Balaban J connectivity index is 1.70. The fourth-order valence-electron chi connectivity index (χ4n) is 2.09. The lowest BCUT2D eigenvalue weighted by atomic mass is 10.2. The lowest BCUT2D eigenvalue weighted by molar-refractivity contribution is -0.274. The van der Waals surface area contributed by atoms with Crippen LogP contribution >= 0.6 is 11.6 Å². The van der Waals surface area contributed by atoms with Crippen molar-refractivity contribution in [3.05, 3.63) is 59.5 Å². The highest BCUT2D eigenvalue weighted by molar-refractivity contribution is 6.30. The number of nitrogens with one attached hydrogen (secondary N) is 2. The Hall–Kier alpha value is -3.34. The van der Waals surface area contributed by atoms with Gasteiger partial charge in [0.25, 0.3) is 11.8 Å². The van der Waals surface area contributed by atoms with Crippen LogP contribution in [0.5, 0.6) is 11.5 Å². The summed E-state index contributed by atoms with van der Waals surface area (Å²) in [7, 11) is 0. The van der Waals surface area contributed by atoms with Gasteiger partial charge in [-0.25, -0.2) is 9.37 Å². The lowest BCUT2D eigenvalue weighted by Gasteiger charge is -2.10. The van der Waals surface area contributed by atoms with Crippen LogP contribution in [0.4, 0.5) is 23.4 Å². The normalized spacial score (nSPS) is 10.9. The Morgan fingerprint density at radius 2 is 1.87 bits per heavy atom. The fraction of sp³-hybridized carbons (Fsp3) is 0.211. The Morgan fingerprint density at radius 1 is 1.16 bits per heavy atom. The average Bonchev–Trinajstić information content (AvgIpc) is 2.69. The molecule has 0 unspecified atom stereocenters. The summed E-state index contributed by atoms with van der Waals surface area (Å²) in [5.41, 5.74) is 0.0957. The third-order valence-corrected chi connectivity index (χ3v) is 3.85. The molecular weight excluding hydrogens is 446 g/mol. The number of aromatic nitrogens is 1. The van der Waals surface area contributed by atoms with Gasteiger partial charge in [0, 0.05) is 18.2 Å². The summed E-state index contributed by atoms with van der Waals surface area (Å²) in [4.78, 5) is 27.4. The van der Waals surface area contributed by atoms with Crippen molar-refractivity contribution in [1.29, 1.82) is 0 Å². The van der Waals surface area contributed by atoms with Crippen molar-refractivity contribution in [2.24, 2.45) is 0 Å². The van der Waals surface area contributed by atoms with Gasteiger partial charge >= 0.3 is 6.36 Å². The predicted molar refractivity (Wildman–Crippen MR) is 103 cm³/mol. The number of hydrogen-bond donors (Lipinski definition) is 2. The van der Waals surface area contributed by atoms with Crippen molar-refractivity contribution in [2.75, 3.05) is 18.5 Å². The van der Waals surface area contributed by atoms with Gasteiger partial charge in [0.2, 0.25) is 0 Å². The van der Waals surface area contributed by atoms with Crippen LogP contribution in [0.1, 0.15) is 6.42 Å². The molecule has 0 radical (unpaired) electrons. The third kappa shape index (κ3) is 8.51. The first-order valence-electron chi connectivity index (χ1n) is 8.59. The zero-order valence-electron chi connectivity index (χ0n) is 15.8. The summed E-state index contributed by atoms with van der Waals surface area (Å²) in [6.07, 6.45) is -3.96. The minimum atomic E-state index is -4.85. The van der Waals surface area contributed by atoms with E-state index in [9.17, 15) is 27.2 Å². The van der Waals surface area contributed by atoms with Crippen molar-refractivity contribution >= 4 is 29.2 Å². The van der Waals surface area contributed by atoms with E-state index in [2.05, 4.69) is 26.9 Å². The minimum Gasteiger partial charge on any atom is -0.484 e. The van der Waals surface area contributed by atoms with E-state index < -0.39 is 29.7 Å². The number of amides is 2. The maximum Gasteiger partial charge on any atom is 0.573 e. The highest BCUT2D eigenvalue weighted by Crippen LogP contribution is 2.23. The number of alkyl halides is 3. The van der Waals surface area contributed by atoms with Crippen LogP contribution in [-0.4, -0.2) is 36.3 Å². The molecule has 2 amide bonds. The largest absolute Gasteiger partial charge is 0.573 e. The van der Waals surface area contributed by atoms with E-state index in [0.717, 1.165) is 24.4 Å². The van der Waals surface area contributed by atoms with E-state index in [0.29, 0.717) is 0 Å². The molecule has 0 aliphatic heterocycles. The standard InChI is InChI=1S/C19H16ClF4N3O4/c1-11(18(29)27-16-5-3-13(9-26-16)31-19(22,23)24)6-7-25-17(28)10-30-12-2-4-14(20)15(21)8-12/h2-5,8-9H,1,6-7,10H2,(H,25,28)(H,26,27,29). The zero-order valence-corrected chi connectivity index (χ0v) is 16.5. The number of anilines is 1. The van der Waals surface area contributed by atoms with E-state index in [1.54, 1.807) is 0 Å². The summed E-state index contributed by atoms with van der Waals surface area (Å²) in [6, 6.07) is 5.85. The number of carbonyl (C=O) groups is 2. The van der Waals surface area contributed by atoms with Crippen molar-refractivity contribution in [3.63, 3.8) is 0 Å². The molecule has 12 heteroatoms. The average molecular weight is 462 g/mol. The highest BCUT2D eigenvalue weighted by Gasteiger charge is 2.31. The van der Waals surface area contributed by atoms with Crippen LogP contribution in [0.25, 0.3) is 0 Å². The zero-order chi connectivity index (χ0) is 23.0. The second-order valence-electron chi connectivity index (χ2n) is 5.95. The van der Waals surface area contributed by atoms with E-state index in [1.165, 1.54) is 12.1 Å². The molecule has 0 atom stereocenters. The van der Waals surface area contributed by atoms with Crippen LogP contribution in [0, 0.1) is 5.82 Å². The Morgan fingerprint density at radius 3 is 2.48 bits per heavy atom. The fourth-order valence-corrected chi connectivity index (χ4v) is 2.20. The number of hydrogen-bond acceptors (Lipinski definition) is 5. The Kier molecular flexibility index (Phi) is 8.20. The van der Waals surface area contributed by atoms with Crippen LogP contribution < -0.4 is 20.1 Å². The van der Waals surface area contributed by atoms with Crippen LogP contribution in [-0.2, 0) is 9.59 Å². The number of nitrogens with zero attached hydrogens (tertiary/aromatic N) is 1. The van der Waals surface area contributed by atoms with Crippen molar-refractivity contribution < 1.29 is 36.6 Å². The number of pyridine rings is 1. The molecule has 1 aromatic heterocycles. The molecule has 1 aromatic carbocycles. The molecule has 0 fully saturated rings. The number of carbonyl (C=O) groups excluding carboxylic acids is 2. The first kappa shape index (κ1) is 23.9. The molecular formula is C19H16ClF4N3O4. The number of ether oxygens (including phenoxy) is 2. The predicted octanol–water partition coefficient (Wildman–Crippen LogP) is 3.85. The molecule has 31 heavy (non-hydrogen) atoms. The summed E-state index contributed by atoms with van der Waals surface area (Å²) in [5.74, 6) is -2.23. The van der Waals surface area contributed by atoms with E-state index in [4.69, 9.17) is 16.3 Å². The van der Waals surface area contributed by atoms with E-state index in [1.807, 2.05) is 0 Å². The third-order valence-electron chi connectivity index (χ3n) is 3.54. The van der Waals surface area contributed by atoms with Crippen LogP contribution in [0.15, 0.2) is 48.7 Å². The van der Waals surface area contributed by atoms with Gasteiger partial charge in [0.15, 0.2) is 6.61 Å². The molecule has 1 heterocycles. The van der Waals surface area contributed by atoms with Gasteiger partial charge in [0.05, 0.1) is 11.2 Å². The van der Waals surface area contributed by atoms with Gasteiger partial charge in [-0.2, -0.15) is 0 Å². The second kappa shape index (κ2) is 10.6. The Labute approximate surface area is 179 Å². The highest BCUT2D eigenvalue weighted by atomic mass is 35.5. The molecule has 0 saturated carbocycles. The molecule has 0 saturated heterocycles. The molecule has 2 aromatic rings. The minimum absolute atomic E-state index is 0.00620. The lowest BCUT2D eigenvalue weighted by Crippen LogP contribution is -2.30. The van der Waals surface area contributed by atoms with E-state index in [-0.39, 0.29) is 41.7 Å². The van der Waals surface area contributed by atoms with Crippen molar-refractivity contribution in [1.82, 2.24) is 10.3 Å². The molecule has 2 rings (SSSR count). The van der Waals surface area contributed by atoms with Gasteiger partial charge in [-0.3, -0.25) is 9.59 Å². The molecule has 166 valence electrons. The summed E-state index contributed by atoms with van der Waals surface area (Å²) < 4.78 is 58.4. The summed E-state index contributed by atoms with van der Waals surface area (Å²) >= 11 is 5.55. The summed E-state index contributed by atoms with van der Waals surface area (Å²) in [5, 5.41) is 4.78. The molecule has 2 N–H and O–H groups in total. The van der Waals surface area contributed by atoms with Crippen LogP contribution in [0.3, 0.4) is 0 Å². The van der Waals surface area contributed by atoms with Crippen molar-refractivity contribution in [3.8, 4) is 11.5 Å². The number of benzene rings is 1. The monoisotopic (exact) mass is 461 g/mol. The van der Waals surface area contributed by atoms with Gasteiger partial charge in [-0.15, -0.1) is 13.2 Å².